The molecule has 1 aromatic carbocycles. The maximum Gasteiger partial charge on any atom is 0.240 e. The fourth-order valence-corrected chi connectivity index (χ4v) is 4.94. The lowest BCUT2D eigenvalue weighted by molar-refractivity contribution is 0.115. The minimum atomic E-state index is -3.37. The zero-order valence-corrected chi connectivity index (χ0v) is 11.5. The van der Waals surface area contributed by atoms with Gasteiger partial charge in [0.2, 0.25) is 10.0 Å². The van der Waals surface area contributed by atoms with Crippen LogP contribution in [0.3, 0.4) is 0 Å². The van der Waals surface area contributed by atoms with Gasteiger partial charge in [0.05, 0.1) is 24.7 Å². The molecule has 6 heteroatoms. The number of aliphatic imine (C=N–C) groups is 1. The molecule has 0 radical (unpaired) electrons. The molecule has 0 spiro atoms. The van der Waals surface area contributed by atoms with Crippen molar-refractivity contribution in [3.8, 4) is 0 Å². The van der Waals surface area contributed by atoms with Gasteiger partial charge in [-0.2, -0.15) is 0 Å². The van der Waals surface area contributed by atoms with Crippen LogP contribution in [-0.2, 0) is 21.3 Å². The van der Waals surface area contributed by atoms with Gasteiger partial charge in [-0.05, 0) is 5.56 Å². The first-order valence-corrected chi connectivity index (χ1v) is 8.13. The Bertz CT molecular complexity index is 696. The van der Waals surface area contributed by atoms with Crippen molar-refractivity contribution in [2.75, 3.05) is 0 Å². The van der Waals surface area contributed by atoms with Crippen LogP contribution in [0.25, 0.3) is 0 Å². The van der Waals surface area contributed by atoms with Gasteiger partial charge in [-0.15, -0.1) is 0 Å². The van der Waals surface area contributed by atoms with Crippen LogP contribution in [-0.4, -0.2) is 31.7 Å². The molecule has 0 amide bonds. The Balaban J connectivity index is 1.65. The van der Waals surface area contributed by atoms with Crippen molar-refractivity contribution in [1.29, 1.82) is 0 Å². The van der Waals surface area contributed by atoms with Gasteiger partial charge in [0.1, 0.15) is 11.1 Å². The van der Waals surface area contributed by atoms with Crippen LogP contribution in [0.2, 0.25) is 0 Å². The van der Waals surface area contributed by atoms with E-state index in [0.29, 0.717) is 12.4 Å². The zero-order valence-electron chi connectivity index (χ0n) is 10.6. The Morgan fingerprint density at radius 2 is 1.90 bits per heavy atom. The highest BCUT2D eigenvalue weighted by molar-refractivity contribution is 7.91. The maximum atomic E-state index is 12.1. The van der Waals surface area contributed by atoms with Gasteiger partial charge >= 0.3 is 0 Å². The number of fused-ring (bicyclic) bond motifs is 5. The highest BCUT2D eigenvalue weighted by atomic mass is 32.2. The summed E-state index contributed by atoms with van der Waals surface area (Å²) >= 11 is 0. The lowest BCUT2D eigenvalue weighted by atomic mass is 9.93. The number of nitrogens with zero attached hydrogens (tertiary/aromatic N) is 1. The zero-order chi connectivity index (χ0) is 13.7. The van der Waals surface area contributed by atoms with Gasteiger partial charge in [0.15, 0.2) is 0 Å². The molecule has 104 valence electrons. The van der Waals surface area contributed by atoms with Crippen molar-refractivity contribution < 1.29 is 13.2 Å². The Hall–Kier alpha value is -1.66. The predicted octanol–water partition coefficient (Wildman–Crippen LogP) is 0.840. The summed E-state index contributed by atoms with van der Waals surface area (Å²) in [4.78, 5) is 4.46. The molecule has 0 aromatic heterocycles. The molecular formula is C14H14N2O3S. The highest BCUT2D eigenvalue weighted by Crippen LogP contribution is 2.41. The number of benzene rings is 1. The minimum Gasteiger partial charge on any atom is -0.365 e. The second-order valence-electron chi connectivity index (χ2n) is 5.27. The average Bonchev–Trinajstić information content (AvgIpc) is 3.10. The fourth-order valence-electron chi connectivity index (χ4n) is 3.13. The van der Waals surface area contributed by atoms with E-state index in [1.165, 1.54) is 0 Å². The van der Waals surface area contributed by atoms with E-state index in [1.807, 2.05) is 42.5 Å². The number of amidine groups is 1. The summed E-state index contributed by atoms with van der Waals surface area (Å²) in [6, 6.07) is 9.78. The van der Waals surface area contributed by atoms with Crippen molar-refractivity contribution in [2.24, 2.45) is 10.9 Å². The highest BCUT2D eigenvalue weighted by Gasteiger charge is 2.59. The van der Waals surface area contributed by atoms with Crippen LogP contribution in [0.5, 0.6) is 0 Å². The van der Waals surface area contributed by atoms with Crippen molar-refractivity contribution in [3.05, 3.63) is 48.0 Å². The minimum absolute atomic E-state index is 0.163. The van der Waals surface area contributed by atoms with Gasteiger partial charge in [-0.3, -0.25) is 9.71 Å². The number of nitrogens with one attached hydrogen (secondary N) is 1. The average molecular weight is 290 g/mol. The summed E-state index contributed by atoms with van der Waals surface area (Å²) in [5, 5.41) is -0.521. The number of hydrogen-bond donors (Lipinski definition) is 1. The molecule has 0 aliphatic carbocycles. The Morgan fingerprint density at radius 3 is 2.70 bits per heavy atom. The molecule has 3 aliphatic heterocycles. The third kappa shape index (κ3) is 1.72. The second-order valence-corrected chi connectivity index (χ2v) is 7.11. The molecular weight excluding hydrogens is 276 g/mol. The molecule has 1 N–H and O–H groups in total. The first-order chi connectivity index (χ1) is 9.65. The van der Waals surface area contributed by atoms with Gasteiger partial charge < -0.3 is 4.74 Å². The van der Waals surface area contributed by atoms with Crippen molar-refractivity contribution in [1.82, 2.24) is 4.72 Å². The fraction of sp³-hybridized carbons (Fsp3) is 0.357. The van der Waals surface area contributed by atoms with Crippen molar-refractivity contribution in [2.45, 2.75) is 24.0 Å². The molecule has 2 bridgehead atoms. The standard InChI is InChI=1S/C14H14N2O3S/c17-20(18)13-11-7-6-10(19-11)12(13)14(16-20)15-8-9-4-2-1-3-5-9/h1-7,10-13H,8H2,(H,15,16)/t10-,11+,12-,13+/m0/s1. The molecule has 5 nitrogen and oxygen atoms in total. The van der Waals surface area contributed by atoms with E-state index in [4.69, 9.17) is 4.74 Å². The molecule has 0 unspecified atom stereocenters. The molecule has 4 rings (SSSR count). The summed E-state index contributed by atoms with van der Waals surface area (Å²) in [5.41, 5.74) is 1.06. The summed E-state index contributed by atoms with van der Waals surface area (Å²) in [7, 11) is -3.37. The third-order valence-corrected chi connectivity index (χ3v) is 5.80. The second kappa shape index (κ2) is 4.17. The Kier molecular flexibility index (Phi) is 2.52. The van der Waals surface area contributed by atoms with Crippen LogP contribution in [0.4, 0.5) is 0 Å². The summed E-state index contributed by atoms with van der Waals surface area (Å²) in [6.45, 7) is 0.475. The van der Waals surface area contributed by atoms with Crippen LogP contribution in [0.15, 0.2) is 47.5 Å². The molecule has 1 aromatic rings. The molecule has 3 heterocycles. The van der Waals surface area contributed by atoms with Gasteiger partial charge in [-0.1, -0.05) is 42.5 Å². The van der Waals surface area contributed by atoms with Crippen LogP contribution in [0, 0.1) is 5.92 Å². The van der Waals surface area contributed by atoms with Crippen LogP contribution >= 0.6 is 0 Å². The van der Waals surface area contributed by atoms with E-state index in [1.54, 1.807) is 0 Å². The lowest BCUT2D eigenvalue weighted by Crippen LogP contribution is -2.32. The monoisotopic (exact) mass is 290 g/mol. The molecule has 2 fully saturated rings. The SMILES string of the molecule is O=S1(=O)NC(=NCc2ccccc2)[C@@H]2[C@H]1[C@H]1C=C[C@@H]2O1. The number of rotatable bonds is 2. The van der Waals surface area contributed by atoms with Crippen molar-refractivity contribution >= 4 is 15.9 Å². The van der Waals surface area contributed by atoms with E-state index in [9.17, 15) is 8.42 Å². The van der Waals surface area contributed by atoms with Crippen molar-refractivity contribution in [3.63, 3.8) is 0 Å². The first-order valence-electron chi connectivity index (χ1n) is 6.59. The quantitative estimate of drug-likeness (QED) is 0.821. The summed E-state index contributed by atoms with van der Waals surface area (Å²) in [5.74, 6) is 0.356. The molecule has 0 saturated carbocycles. The molecule has 2 saturated heterocycles. The van der Waals surface area contributed by atoms with Gasteiger partial charge in [-0.25, -0.2) is 8.42 Å². The smallest absolute Gasteiger partial charge is 0.240 e. The normalized spacial score (nSPS) is 38.1. The largest absolute Gasteiger partial charge is 0.365 e. The summed E-state index contributed by atoms with van der Waals surface area (Å²) < 4.78 is 32.5. The molecule has 4 atom stereocenters. The van der Waals surface area contributed by atoms with Gasteiger partial charge in [0.25, 0.3) is 0 Å². The lowest BCUT2D eigenvalue weighted by Gasteiger charge is -2.13. The van der Waals surface area contributed by atoms with E-state index >= 15 is 0 Å². The van der Waals surface area contributed by atoms with Crippen LogP contribution < -0.4 is 4.72 Å². The van der Waals surface area contributed by atoms with Gasteiger partial charge in [0, 0.05) is 0 Å². The van der Waals surface area contributed by atoms with E-state index in [2.05, 4.69) is 9.71 Å². The van der Waals surface area contributed by atoms with E-state index in [0.717, 1.165) is 5.56 Å². The molecule has 20 heavy (non-hydrogen) atoms. The van der Waals surface area contributed by atoms with E-state index in [-0.39, 0.29) is 18.1 Å². The van der Waals surface area contributed by atoms with Crippen LogP contribution in [0.1, 0.15) is 5.56 Å². The predicted molar refractivity (Wildman–Crippen MR) is 74.7 cm³/mol. The Morgan fingerprint density at radius 1 is 1.15 bits per heavy atom. The summed E-state index contributed by atoms with van der Waals surface area (Å²) in [6.07, 6.45) is 3.29. The third-order valence-electron chi connectivity index (χ3n) is 4.03. The van der Waals surface area contributed by atoms with E-state index < -0.39 is 15.3 Å². The first kappa shape index (κ1) is 12.1. The number of sulfonamides is 1. The molecule has 3 aliphatic rings. The Labute approximate surface area is 117 Å². The number of ether oxygens (including phenoxy) is 1. The number of hydrogen-bond acceptors (Lipinski definition) is 4. The topological polar surface area (TPSA) is 67.8 Å². The maximum absolute atomic E-state index is 12.1.